The van der Waals surface area contributed by atoms with Crippen LogP contribution in [0, 0.1) is 10.1 Å². The van der Waals surface area contributed by atoms with Crippen molar-refractivity contribution in [1.82, 2.24) is 4.98 Å². The second-order valence-electron chi connectivity index (χ2n) is 4.27. The van der Waals surface area contributed by atoms with Gasteiger partial charge in [-0.1, -0.05) is 17.4 Å². The summed E-state index contributed by atoms with van der Waals surface area (Å²) in [6.45, 7) is 0. The summed E-state index contributed by atoms with van der Waals surface area (Å²) in [5.41, 5.74) is 0.832. The van der Waals surface area contributed by atoms with Crippen LogP contribution in [0.2, 0.25) is 0 Å². The van der Waals surface area contributed by atoms with E-state index in [0.29, 0.717) is 10.0 Å². The molecule has 9 heteroatoms. The maximum atomic E-state index is 11.9. The SMILES string of the molecule is O=C(/C=C/c1ccc([N+](=O)[O-])s1)Nc1nc(-c2cccs2)cs1. The van der Waals surface area contributed by atoms with Crippen molar-refractivity contribution in [3.05, 3.63) is 56.1 Å². The molecule has 3 aromatic rings. The number of amides is 1. The van der Waals surface area contributed by atoms with E-state index in [1.807, 2.05) is 22.9 Å². The summed E-state index contributed by atoms with van der Waals surface area (Å²) in [5, 5.41) is 17.7. The van der Waals surface area contributed by atoms with Crippen LogP contribution in [0.25, 0.3) is 16.6 Å². The van der Waals surface area contributed by atoms with Crippen molar-refractivity contribution in [2.75, 3.05) is 5.32 Å². The van der Waals surface area contributed by atoms with Crippen LogP contribution < -0.4 is 5.32 Å². The number of nitrogens with zero attached hydrogens (tertiary/aromatic N) is 2. The standard InChI is InChI=1S/C14H9N3O3S3/c18-12(5-3-9-4-6-13(23-9)17(19)20)16-14-15-10(8-22-14)11-2-1-7-21-11/h1-8H,(H,15,16,18)/b5-3+. The fourth-order valence-electron chi connectivity index (χ4n) is 1.70. The van der Waals surface area contributed by atoms with Crippen LogP contribution in [0.1, 0.15) is 4.88 Å². The first-order valence-corrected chi connectivity index (χ1v) is 8.92. The van der Waals surface area contributed by atoms with E-state index in [1.165, 1.54) is 23.5 Å². The monoisotopic (exact) mass is 363 g/mol. The van der Waals surface area contributed by atoms with Crippen LogP contribution in [0.4, 0.5) is 10.1 Å². The lowest BCUT2D eigenvalue weighted by Crippen LogP contribution is -2.07. The predicted octanol–water partition coefficient (Wildman–Crippen LogP) is 4.49. The Labute approximate surface area is 142 Å². The number of nitrogens with one attached hydrogen (secondary N) is 1. The topological polar surface area (TPSA) is 85.1 Å². The third kappa shape index (κ3) is 3.89. The molecule has 0 radical (unpaired) electrons. The van der Waals surface area contributed by atoms with Gasteiger partial charge >= 0.3 is 5.00 Å². The highest BCUT2D eigenvalue weighted by atomic mass is 32.1. The van der Waals surface area contributed by atoms with Gasteiger partial charge in [-0.15, -0.1) is 22.7 Å². The van der Waals surface area contributed by atoms with Gasteiger partial charge in [-0.25, -0.2) is 4.98 Å². The Morgan fingerprint density at radius 1 is 1.30 bits per heavy atom. The van der Waals surface area contributed by atoms with Crippen molar-refractivity contribution in [1.29, 1.82) is 0 Å². The first-order valence-electron chi connectivity index (χ1n) is 6.34. The minimum Gasteiger partial charge on any atom is -0.298 e. The van der Waals surface area contributed by atoms with Gasteiger partial charge in [0.25, 0.3) is 0 Å². The molecule has 0 aromatic carbocycles. The van der Waals surface area contributed by atoms with Crippen molar-refractivity contribution in [2.45, 2.75) is 0 Å². The molecule has 3 rings (SSSR count). The Morgan fingerprint density at radius 2 is 2.17 bits per heavy atom. The number of carbonyl (C=O) groups is 1. The molecule has 0 saturated heterocycles. The lowest BCUT2D eigenvalue weighted by molar-refractivity contribution is -0.380. The minimum absolute atomic E-state index is 0.0468. The molecule has 0 unspecified atom stereocenters. The maximum Gasteiger partial charge on any atom is 0.324 e. The third-order valence-electron chi connectivity index (χ3n) is 2.70. The molecular weight excluding hydrogens is 354 g/mol. The second-order valence-corrected chi connectivity index (χ2v) is 7.17. The van der Waals surface area contributed by atoms with Crippen molar-refractivity contribution < 1.29 is 9.72 Å². The highest BCUT2D eigenvalue weighted by Crippen LogP contribution is 2.28. The smallest absolute Gasteiger partial charge is 0.298 e. The molecule has 0 fully saturated rings. The van der Waals surface area contributed by atoms with E-state index < -0.39 is 4.92 Å². The number of hydrogen-bond acceptors (Lipinski definition) is 7. The van der Waals surface area contributed by atoms with Crippen LogP contribution in [0.3, 0.4) is 0 Å². The second kappa shape index (κ2) is 6.82. The lowest BCUT2D eigenvalue weighted by atomic mass is 10.4. The van der Waals surface area contributed by atoms with Gasteiger partial charge in [0, 0.05) is 22.4 Å². The highest BCUT2D eigenvalue weighted by molar-refractivity contribution is 7.16. The Hall–Kier alpha value is -2.36. The van der Waals surface area contributed by atoms with Crippen molar-refractivity contribution in [2.24, 2.45) is 0 Å². The molecule has 0 atom stereocenters. The van der Waals surface area contributed by atoms with Crippen LogP contribution in [0.15, 0.2) is 41.1 Å². The zero-order chi connectivity index (χ0) is 16.2. The third-order valence-corrected chi connectivity index (χ3v) is 5.35. The van der Waals surface area contributed by atoms with E-state index in [2.05, 4.69) is 10.3 Å². The van der Waals surface area contributed by atoms with Gasteiger partial charge in [0.15, 0.2) is 5.13 Å². The van der Waals surface area contributed by atoms with Crippen LogP contribution in [0.5, 0.6) is 0 Å². The van der Waals surface area contributed by atoms with E-state index in [-0.39, 0.29) is 10.9 Å². The first kappa shape index (κ1) is 15.5. The van der Waals surface area contributed by atoms with Gasteiger partial charge in [-0.2, -0.15) is 0 Å². The summed E-state index contributed by atoms with van der Waals surface area (Å²) in [6, 6.07) is 6.93. The Bertz CT molecular complexity index is 865. The molecule has 3 heterocycles. The zero-order valence-electron chi connectivity index (χ0n) is 11.5. The van der Waals surface area contributed by atoms with Gasteiger partial charge < -0.3 is 0 Å². The van der Waals surface area contributed by atoms with E-state index in [9.17, 15) is 14.9 Å². The van der Waals surface area contributed by atoms with E-state index in [1.54, 1.807) is 23.5 Å². The molecule has 0 saturated carbocycles. The van der Waals surface area contributed by atoms with Gasteiger partial charge in [0.1, 0.15) is 0 Å². The molecule has 0 bridgehead atoms. The van der Waals surface area contributed by atoms with Crippen LogP contribution >= 0.6 is 34.0 Å². The first-order chi connectivity index (χ1) is 11.1. The molecule has 3 aromatic heterocycles. The number of nitro groups is 1. The van der Waals surface area contributed by atoms with Gasteiger partial charge in [0.2, 0.25) is 5.91 Å². The number of rotatable bonds is 5. The molecule has 23 heavy (non-hydrogen) atoms. The summed E-state index contributed by atoms with van der Waals surface area (Å²) < 4.78 is 0. The molecule has 0 aliphatic heterocycles. The molecule has 0 aliphatic carbocycles. The number of hydrogen-bond donors (Lipinski definition) is 1. The quantitative estimate of drug-likeness (QED) is 0.411. The average Bonchev–Trinajstić information content (AvgIpc) is 3.25. The van der Waals surface area contributed by atoms with Gasteiger partial charge in [-0.05, 0) is 23.6 Å². The van der Waals surface area contributed by atoms with Crippen LogP contribution in [-0.2, 0) is 4.79 Å². The molecule has 6 nitrogen and oxygen atoms in total. The Morgan fingerprint density at radius 3 is 2.87 bits per heavy atom. The summed E-state index contributed by atoms with van der Waals surface area (Å²) in [4.78, 5) is 28.0. The van der Waals surface area contributed by atoms with Crippen molar-refractivity contribution in [3.63, 3.8) is 0 Å². The molecule has 0 spiro atoms. The van der Waals surface area contributed by atoms with E-state index in [4.69, 9.17) is 0 Å². The predicted molar refractivity (Wildman–Crippen MR) is 94.1 cm³/mol. The molecule has 1 amide bonds. The summed E-state index contributed by atoms with van der Waals surface area (Å²) in [6.07, 6.45) is 2.88. The number of carbonyl (C=O) groups excluding carboxylic acids is 1. The Kier molecular flexibility index (Phi) is 4.60. The zero-order valence-corrected chi connectivity index (χ0v) is 13.9. The Balaban J connectivity index is 1.62. The average molecular weight is 363 g/mol. The lowest BCUT2D eigenvalue weighted by Gasteiger charge is -1.95. The molecule has 1 N–H and O–H groups in total. The minimum atomic E-state index is -0.455. The van der Waals surface area contributed by atoms with Crippen molar-refractivity contribution >= 4 is 56.1 Å². The number of anilines is 1. The van der Waals surface area contributed by atoms with Gasteiger partial charge in [-0.3, -0.25) is 20.2 Å². The number of thiophene rings is 2. The van der Waals surface area contributed by atoms with Crippen molar-refractivity contribution in [3.8, 4) is 10.6 Å². The highest BCUT2D eigenvalue weighted by Gasteiger charge is 2.09. The normalized spacial score (nSPS) is 11.0. The number of aromatic nitrogens is 1. The van der Waals surface area contributed by atoms with Crippen LogP contribution in [-0.4, -0.2) is 15.8 Å². The molecule has 116 valence electrons. The summed E-state index contributed by atoms with van der Waals surface area (Å²) >= 11 is 3.95. The summed E-state index contributed by atoms with van der Waals surface area (Å²) in [5.74, 6) is -0.326. The van der Waals surface area contributed by atoms with E-state index >= 15 is 0 Å². The largest absolute Gasteiger partial charge is 0.324 e. The number of thiazole rings is 1. The molecule has 0 aliphatic rings. The summed E-state index contributed by atoms with van der Waals surface area (Å²) in [7, 11) is 0. The molecular formula is C14H9N3O3S3. The van der Waals surface area contributed by atoms with E-state index in [0.717, 1.165) is 21.9 Å². The fraction of sp³-hybridized carbons (Fsp3) is 0. The van der Waals surface area contributed by atoms with Gasteiger partial charge in [0.05, 0.1) is 15.5 Å². The fourth-order valence-corrected chi connectivity index (χ4v) is 3.90. The maximum absolute atomic E-state index is 11.9.